The number of nitrogens with zero attached hydrogens (tertiary/aromatic N) is 1. The van der Waals surface area contributed by atoms with E-state index in [0.29, 0.717) is 23.3 Å². The van der Waals surface area contributed by atoms with Crippen LogP contribution < -0.4 is 5.32 Å². The maximum absolute atomic E-state index is 11.7. The Kier molecular flexibility index (Phi) is 5.53. The molecule has 1 heterocycles. The van der Waals surface area contributed by atoms with E-state index < -0.39 is 15.2 Å². The lowest BCUT2D eigenvalue weighted by Gasteiger charge is -2.36. The van der Waals surface area contributed by atoms with Crippen molar-refractivity contribution < 1.29 is 8.42 Å². The molecular weight excluding hydrogens is 276 g/mol. The Morgan fingerprint density at radius 3 is 2.76 bits per heavy atom. The summed E-state index contributed by atoms with van der Waals surface area (Å²) in [5, 5.41) is 3.22. The second kappa shape index (κ2) is 6.24. The highest BCUT2D eigenvalue weighted by atomic mass is 32.2. The SMILES string of the molecule is CC(C)CNC(=S)N1CCSCC1S(C)(=O)=O. The molecule has 0 radical (unpaired) electrons. The zero-order valence-corrected chi connectivity index (χ0v) is 12.9. The van der Waals surface area contributed by atoms with Gasteiger partial charge in [-0.25, -0.2) is 8.42 Å². The monoisotopic (exact) mass is 296 g/mol. The third-order valence-electron chi connectivity index (χ3n) is 2.50. The van der Waals surface area contributed by atoms with Gasteiger partial charge in [0.15, 0.2) is 14.9 Å². The van der Waals surface area contributed by atoms with Crippen LogP contribution >= 0.6 is 24.0 Å². The maximum Gasteiger partial charge on any atom is 0.170 e. The van der Waals surface area contributed by atoms with Crippen LogP contribution in [0.1, 0.15) is 13.8 Å². The lowest BCUT2D eigenvalue weighted by atomic mass is 10.2. The van der Waals surface area contributed by atoms with E-state index in [0.717, 1.165) is 12.3 Å². The molecule has 7 heteroatoms. The molecule has 0 spiro atoms. The van der Waals surface area contributed by atoms with Gasteiger partial charge in [0.25, 0.3) is 0 Å². The van der Waals surface area contributed by atoms with Gasteiger partial charge in [0, 0.05) is 30.9 Å². The van der Waals surface area contributed by atoms with Gasteiger partial charge in [-0.3, -0.25) is 0 Å². The second-order valence-corrected chi connectivity index (χ2v) is 8.37. The van der Waals surface area contributed by atoms with Crippen LogP contribution in [0.25, 0.3) is 0 Å². The van der Waals surface area contributed by atoms with E-state index in [9.17, 15) is 8.42 Å². The topological polar surface area (TPSA) is 49.4 Å². The number of thioether (sulfide) groups is 1. The summed E-state index contributed by atoms with van der Waals surface area (Å²) in [6.45, 7) is 5.66. The Morgan fingerprint density at radius 2 is 2.24 bits per heavy atom. The molecule has 1 rings (SSSR count). The lowest BCUT2D eigenvalue weighted by Crippen LogP contribution is -2.53. The fourth-order valence-corrected chi connectivity index (χ4v) is 4.75. The van der Waals surface area contributed by atoms with Crippen LogP contribution in [0.2, 0.25) is 0 Å². The number of rotatable bonds is 3. The molecule has 0 amide bonds. The zero-order valence-electron chi connectivity index (χ0n) is 10.5. The summed E-state index contributed by atoms with van der Waals surface area (Å²) in [4.78, 5) is 1.81. The average Bonchev–Trinajstić information content (AvgIpc) is 2.24. The molecule has 1 fully saturated rings. The van der Waals surface area contributed by atoms with Crippen molar-refractivity contribution in [2.45, 2.75) is 19.2 Å². The van der Waals surface area contributed by atoms with Crippen LogP contribution in [0.15, 0.2) is 0 Å². The van der Waals surface area contributed by atoms with Gasteiger partial charge in [0.05, 0.1) is 0 Å². The van der Waals surface area contributed by atoms with Crippen molar-refractivity contribution >= 4 is 38.9 Å². The summed E-state index contributed by atoms with van der Waals surface area (Å²) >= 11 is 6.95. The van der Waals surface area contributed by atoms with Crippen LogP contribution in [0.3, 0.4) is 0 Å². The minimum Gasteiger partial charge on any atom is -0.362 e. The number of hydrogen-bond acceptors (Lipinski definition) is 4. The lowest BCUT2D eigenvalue weighted by molar-refractivity contribution is 0.401. The number of hydrogen-bond donors (Lipinski definition) is 1. The molecule has 17 heavy (non-hydrogen) atoms. The molecule has 1 aliphatic heterocycles. The van der Waals surface area contributed by atoms with Gasteiger partial charge in [-0.05, 0) is 18.1 Å². The van der Waals surface area contributed by atoms with Crippen LogP contribution in [0.5, 0.6) is 0 Å². The Labute approximate surface area is 113 Å². The second-order valence-electron chi connectivity index (χ2n) is 4.63. The van der Waals surface area contributed by atoms with Crippen molar-refractivity contribution in [2.75, 3.05) is 30.9 Å². The Balaban J connectivity index is 2.68. The van der Waals surface area contributed by atoms with E-state index in [4.69, 9.17) is 12.2 Å². The highest BCUT2D eigenvalue weighted by Crippen LogP contribution is 2.20. The highest BCUT2D eigenvalue weighted by Gasteiger charge is 2.32. The molecule has 4 nitrogen and oxygen atoms in total. The fraction of sp³-hybridized carbons (Fsp3) is 0.900. The third-order valence-corrected chi connectivity index (χ3v) is 5.52. The maximum atomic E-state index is 11.7. The summed E-state index contributed by atoms with van der Waals surface area (Å²) in [7, 11) is -3.08. The largest absolute Gasteiger partial charge is 0.362 e. The minimum atomic E-state index is -3.08. The van der Waals surface area contributed by atoms with Crippen molar-refractivity contribution in [1.29, 1.82) is 0 Å². The van der Waals surface area contributed by atoms with Crippen LogP contribution in [-0.4, -0.2) is 54.7 Å². The van der Waals surface area contributed by atoms with Crippen LogP contribution in [0, 0.1) is 5.92 Å². The zero-order chi connectivity index (χ0) is 13.1. The minimum absolute atomic E-state index is 0.478. The van der Waals surface area contributed by atoms with Crippen molar-refractivity contribution in [3.63, 3.8) is 0 Å². The van der Waals surface area contributed by atoms with Crippen LogP contribution in [0.4, 0.5) is 0 Å². The molecular formula is C10H20N2O2S3. The Hall–Kier alpha value is -0.0100. The van der Waals surface area contributed by atoms with E-state index in [2.05, 4.69) is 19.2 Å². The van der Waals surface area contributed by atoms with E-state index in [-0.39, 0.29) is 0 Å². The van der Waals surface area contributed by atoms with E-state index in [1.54, 1.807) is 11.8 Å². The first-order valence-corrected chi connectivity index (χ1v) is 9.15. The molecule has 0 aliphatic carbocycles. The van der Waals surface area contributed by atoms with Crippen molar-refractivity contribution in [3.8, 4) is 0 Å². The average molecular weight is 296 g/mol. The van der Waals surface area contributed by atoms with Crippen LogP contribution in [-0.2, 0) is 9.84 Å². The van der Waals surface area contributed by atoms with Gasteiger partial charge in [-0.1, -0.05) is 13.8 Å². The molecule has 0 saturated carbocycles. The normalized spacial score (nSPS) is 21.6. The summed E-state index contributed by atoms with van der Waals surface area (Å²) in [5.41, 5.74) is 0. The molecule has 1 saturated heterocycles. The van der Waals surface area contributed by atoms with Gasteiger partial charge < -0.3 is 10.2 Å². The quantitative estimate of drug-likeness (QED) is 0.782. The van der Waals surface area contributed by atoms with Crippen molar-refractivity contribution in [1.82, 2.24) is 10.2 Å². The number of sulfone groups is 1. The molecule has 1 unspecified atom stereocenters. The first-order chi connectivity index (χ1) is 7.82. The van der Waals surface area contributed by atoms with Gasteiger partial charge in [-0.2, -0.15) is 11.8 Å². The molecule has 0 aromatic rings. The molecule has 0 bridgehead atoms. The highest BCUT2D eigenvalue weighted by molar-refractivity contribution is 8.00. The number of nitrogens with one attached hydrogen (secondary N) is 1. The Morgan fingerprint density at radius 1 is 1.59 bits per heavy atom. The van der Waals surface area contributed by atoms with Gasteiger partial charge in [0.2, 0.25) is 0 Å². The van der Waals surface area contributed by atoms with E-state index in [1.165, 1.54) is 6.26 Å². The third kappa shape index (κ3) is 4.63. The van der Waals surface area contributed by atoms with Gasteiger partial charge >= 0.3 is 0 Å². The Bertz CT molecular complexity index is 368. The first-order valence-electron chi connectivity index (χ1n) is 5.63. The molecule has 100 valence electrons. The standard InChI is InChI=1S/C10H20N2O2S3/c1-8(2)6-11-10(15)12-4-5-16-7-9(12)17(3,13)14/h8-9H,4-7H2,1-3H3,(H,11,15). The van der Waals surface area contributed by atoms with Crippen molar-refractivity contribution in [3.05, 3.63) is 0 Å². The summed E-state index contributed by atoms with van der Waals surface area (Å²) < 4.78 is 23.4. The molecule has 1 aliphatic rings. The van der Waals surface area contributed by atoms with Gasteiger partial charge in [-0.15, -0.1) is 0 Å². The summed E-state index contributed by atoms with van der Waals surface area (Å²) in [5.74, 6) is 2.02. The molecule has 0 aromatic heterocycles. The summed E-state index contributed by atoms with van der Waals surface area (Å²) in [6, 6.07) is 0. The summed E-state index contributed by atoms with van der Waals surface area (Å²) in [6.07, 6.45) is 1.28. The number of thiocarbonyl (C=S) groups is 1. The predicted molar refractivity (Wildman–Crippen MR) is 78.1 cm³/mol. The van der Waals surface area contributed by atoms with Gasteiger partial charge in [0.1, 0.15) is 5.37 Å². The smallest absolute Gasteiger partial charge is 0.170 e. The fourth-order valence-electron chi connectivity index (χ4n) is 1.56. The molecule has 1 N–H and O–H groups in total. The first kappa shape index (κ1) is 15.0. The van der Waals surface area contributed by atoms with Crippen molar-refractivity contribution in [2.24, 2.45) is 5.92 Å². The van der Waals surface area contributed by atoms with E-state index >= 15 is 0 Å². The predicted octanol–water partition coefficient (Wildman–Crippen LogP) is 0.936. The van der Waals surface area contributed by atoms with E-state index in [1.807, 2.05) is 4.90 Å². The molecule has 0 aromatic carbocycles. The molecule has 1 atom stereocenters.